The average molecular weight is 255 g/mol. The second-order valence-electron chi connectivity index (χ2n) is 6.29. The molecule has 0 amide bonds. The van der Waals surface area contributed by atoms with Crippen molar-refractivity contribution in [2.45, 2.75) is 59.0 Å². The molecule has 1 heterocycles. The number of likely N-dealkylation sites (N-methyl/N-ethyl adjacent to an activating group) is 1. The Hall–Kier alpha value is -0.120. The highest BCUT2D eigenvalue weighted by molar-refractivity contribution is 5.00. The SMILES string of the molecule is CCC(C)CN(CC)C1(CN)CCN(C(C)C)C1. The van der Waals surface area contributed by atoms with Crippen LogP contribution in [0.2, 0.25) is 0 Å². The number of nitrogens with two attached hydrogens (primary N) is 1. The molecule has 108 valence electrons. The monoisotopic (exact) mass is 255 g/mol. The van der Waals surface area contributed by atoms with Gasteiger partial charge in [0, 0.05) is 37.8 Å². The molecule has 3 nitrogen and oxygen atoms in total. The summed E-state index contributed by atoms with van der Waals surface area (Å²) in [5.74, 6) is 0.765. The lowest BCUT2D eigenvalue weighted by molar-refractivity contribution is 0.0839. The normalized spacial score (nSPS) is 27.3. The van der Waals surface area contributed by atoms with Crippen molar-refractivity contribution in [3.63, 3.8) is 0 Å². The molecule has 0 aromatic heterocycles. The van der Waals surface area contributed by atoms with Gasteiger partial charge in [-0.1, -0.05) is 27.2 Å². The molecule has 1 aliphatic rings. The van der Waals surface area contributed by atoms with Gasteiger partial charge in [-0.2, -0.15) is 0 Å². The Bertz CT molecular complexity index is 242. The lowest BCUT2D eigenvalue weighted by Crippen LogP contribution is -2.57. The van der Waals surface area contributed by atoms with Crippen LogP contribution in [0.5, 0.6) is 0 Å². The molecule has 1 rings (SSSR count). The number of hydrogen-bond donors (Lipinski definition) is 1. The van der Waals surface area contributed by atoms with Crippen LogP contribution in [0.4, 0.5) is 0 Å². The molecular formula is C15H33N3. The summed E-state index contributed by atoms with van der Waals surface area (Å²) >= 11 is 0. The van der Waals surface area contributed by atoms with Crippen LogP contribution in [0.1, 0.15) is 47.5 Å². The third kappa shape index (κ3) is 3.46. The lowest BCUT2D eigenvalue weighted by Gasteiger charge is -2.41. The highest BCUT2D eigenvalue weighted by atomic mass is 15.3. The van der Waals surface area contributed by atoms with E-state index in [0.717, 1.165) is 25.6 Å². The summed E-state index contributed by atoms with van der Waals surface area (Å²) in [5.41, 5.74) is 6.38. The average Bonchev–Trinajstić information content (AvgIpc) is 2.81. The Labute approximate surface area is 114 Å². The molecule has 0 aromatic carbocycles. The van der Waals surface area contributed by atoms with Crippen molar-refractivity contribution in [2.75, 3.05) is 32.7 Å². The summed E-state index contributed by atoms with van der Waals surface area (Å²) in [6.45, 7) is 16.9. The first-order chi connectivity index (χ1) is 8.49. The lowest BCUT2D eigenvalue weighted by atomic mass is 9.94. The number of nitrogens with zero attached hydrogens (tertiary/aromatic N) is 2. The highest BCUT2D eigenvalue weighted by Crippen LogP contribution is 2.29. The topological polar surface area (TPSA) is 32.5 Å². The molecule has 0 bridgehead atoms. The van der Waals surface area contributed by atoms with Crippen molar-refractivity contribution >= 4 is 0 Å². The van der Waals surface area contributed by atoms with Gasteiger partial charge in [-0.3, -0.25) is 9.80 Å². The van der Waals surface area contributed by atoms with Crippen LogP contribution in [-0.4, -0.2) is 54.1 Å². The molecule has 1 aliphatic heterocycles. The summed E-state index contributed by atoms with van der Waals surface area (Å²) in [6.07, 6.45) is 2.48. The maximum atomic E-state index is 6.16. The number of likely N-dealkylation sites (tertiary alicyclic amines) is 1. The van der Waals surface area contributed by atoms with Gasteiger partial charge in [-0.15, -0.1) is 0 Å². The third-order valence-corrected chi connectivity index (χ3v) is 4.75. The van der Waals surface area contributed by atoms with Crippen LogP contribution in [0.3, 0.4) is 0 Å². The molecule has 1 fully saturated rings. The Kier molecular flexibility index (Phi) is 6.09. The molecule has 0 spiro atoms. The molecule has 1 saturated heterocycles. The van der Waals surface area contributed by atoms with Gasteiger partial charge in [0.15, 0.2) is 0 Å². The fraction of sp³-hybridized carbons (Fsp3) is 1.00. The molecule has 0 aliphatic carbocycles. The fourth-order valence-electron chi connectivity index (χ4n) is 3.05. The molecule has 0 saturated carbocycles. The van der Waals surface area contributed by atoms with Crippen LogP contribution < -0.4 is 5.73 Å². The Morgan fingerprint density at radius 2 is 1.94 bits per heavy atom. The van der Waals surface area contributed by atoms with E-state index in [2.05, 4.69) is 44.4 Å². The van der Waals surface area contributed by atoms with Crippen LogP contribution in [0.15, 0.2) is 0 Å². The minimum Gasteiger partial charge on any atom is -0.329 e. The second-order valence-corrected chi connectivity index (χ2v) is 6.29. The molecule has 2 unspecified atom stereocenters. The molecule has 2 atom stereocenters. The molecular weight excluding hydrogens is 222 g/mol. The van der Waals surface area contributed by atoms with Crippen molar-refractivity contribution in [2.24, 2.45) is 11.7 Å². The van der Waals surface area contributed by atoms with E-state index < -0.39 is 0 Å². The van der Waals surface area contributed by atoms with E-state index in [0.29, 0.717) is 6.04 Å². The van der Waals surface area contributed by atoms with E-state index in [4.69, 9.17) is 5.73 Å². The zero-order chi connectivity index (χ0) is 13.8. The van der Waals surface area contributed by atoms with Gasteiger partial charge in [0.25, 0.3) is 0 Å². The zero-order valence-electron chi connectivity index (χ0n) is 13.1. The van der Waals surface area contributed by atoms with Crippen molar-refractivity contribution < 1.29 is 0 Å². The van der Waals surface area contributed by atoms with Crippen molar-refractivity contribution in [3.05, 3.63) is 0 Å². The largest absolute Gasteiger partial charge is 0.329 e. The van der Waals surface area contributed by atoms with Gasteiger partial charge in [0.1, 0.15) is 0 Å². The van der Waals surface area contributed by atoms with E-state index >= 15 is 0 Å². The predicted molar refractivity (Wildman–Crippen MR) is 79.8 cm³/mol. The summed E-state index contributed by atoms with van der Waals surface area (Å²) < 4.78 is 0. The van der Waals surface area contributed by atoms with Crippen LogP contribution in [0, 0.1) is 5.92 Å². The Morgan fingerprint density at radius 1 is 1.28 bits per heavy atom. The van der Waals surface area contributed by atoms with Crippen molar-refractivity contribution in [1.29, 1.82) is 0 Å². The quantitative estimate of drug-likeness (QED) is 0.757. The maximum Gasteiger partial charge on any atom is 0.0470 e. The minimum absolute atomic E-state index is 0.225. The Balaban J connectivity index is 2.73. The van der Waals surface area contributed by atoms with Gasteiger partial charge in [0.05, 0.1) is 0 Å². The van der Waals surface area contributed by atoms with Crippen molar-refractivity contribution in [3.8, 4) is 0 Å². The second kappa shape index (κ2) is 6.88. The first-order valence-electron chi connectivity index (χ1n) is 7.68. The van der Waals surface area contributed by atoms with Gasteiger partial charge < -0.3 is 5.73 Å². The van der Waals surface area contributed by atoms with Crippen molar-refractivity contribution in [1.82, 2.24) is 9.80 Å². The standard InChI is InChI=1S/C15H33N3/c1-6-14(5)10-18(7-2)15(11-16)8-9-17(12-15)13(3)4/h13-14H,6-12,16H2,1-5H3. The number of hydrogen-bond acceptors (Lipinski definition) is 3. The van der Waals surface area contributed by atoms with E-state index in [1.54, 1.807) is 0 Å². The number of rotatable bonds is 7. The van der Waals surface area contributed by atoms with E-state index in [-0.39, 0.29) is 5.54 Å². The minimum atomic E-state index is 0.225. The maximum absolute atomic E-state index is 6.16. The fourth-order valence-corrected chi connectivity index (χ4v) is 3.05. The van der Waals surface area contributed by atoms with Gasteiger partial charge in [-0.25, -0.2) is 0 Å². The van der Waals surface area contributed by atoms with E-state index in [1.165, 1.54) is 25.9 Å². The summed E-state index contributed by atoms with van der Waals surface area (Å²) in [7, 11) is 0. The highest BCUT2D eigenvalue weighted by Gasteiger charge is 2.42. The molecule has 18 heavy (non-hydrogen) atoms. The van der Waals surface area contributed by atoms with Gasteiger partial charge in [-0.05, 0) is 32.7 Å². The molecule has 0 radical (unpaired) electrons. The molecule has 3 heteroatoms. The van der Waals surface area contributed by atoms with Gasteiger partial charge in [0.2, 0.25) is 0 Å². The summed E-state index contributed by atoms with van der Waals surface area (Å²) in [5, 5.41) is 0. The summed E-state index contributed by atoms with van der Waals surface area (Å²) in [6, 6.07) is 0.640. The summed E-state index contributed by atoms with van der Waals surface area (Å²) in [4.78, 5) is 5.22. The molecule has 0 aromatic rings. The Morgan fingerprint density at radius 3 is 2.33 bits per heavy atom. The first-order valence-corrected chi connectivity index (χ1v) is 7.68. The van der Waals surface area contributed by atoms with Crippen LogP contribution >= 0.6 is 0 Å². The van der Waals surface area contributed by atoms with E-state index in [1.807, 2.05) is 0 Å². The van der Waals surface area contributed by atoms with Crippen LogP contribution in [0.25, 0.3) is 0 Å². The predicted octanol–water partition coefficient (Wildman–Crippen LogP) is 2.17. The third-order valence-electron chi connectivity index (χ3n) is 4.75. The smallest absolute Gasteiger partial charge is 0.0470 e. The first kappa shape index (κ1) is 15.9. The van der Waals surface area contributed by atoms with E-state index in [9.17, 15) is 0 Å². The van der Waals surface area contributed by atoms with Gasteiger partial charge >= 0.3 is 0 Å². The molecule has 2 N–H and O–H groups in total. The van der Waals surface area contributed by atoms with Crippen LogP contribution in [-0.2, 0) is 0 Å². The zero-order valence-corrected chi connectivity index (χ0v) is 13.1.